The predicted octanol–water partition coefficient (Wildman–Crippen LogP) is -1.35. The van der Waals surface area contributed by atoms with E-state index in [1.165, 1.54) is 0 Å². The van der Waals surface area contributed by atoms with Gasteiger partial charge in [-0.2, -0.15) is 0 Å². The van der Waals surface area contributed by atoms with Crippen LogP contribution in [0.2, 0.25) is 0 Å². The van der Waals surface area contributed by atoms with Gasteiger partial charge in [0.2, 0.25) is 0 Å². The third-order valence-corrected chi connectivity index (χ3v) is 0.467. The fourth-order valence-corrected chi connectivity index (χ4v) is 0.239. The van der Waals surface area contributed by atoms with Gasteiger partial charge in [0.25, 0.3) is 5.97 Å². The summed E-state index contributed by atoms with van der Waals surface area (Å²) in [5.41, 5.74) is 0. The van der Waals surface area contributed by atoms with E-state index in [1.807, 2.05) is 0 Å². The second-order valence-electron chi connectivity index (χ2n) is 1.51. The summed E-state index contributed by atoms with van der Waals surface area (Å²) in [5.74, 6) is -2.11. The Morgan fingerprint density at radius 1 is 1.50 bits per heavy atom. The Kier molecular flexibility index (Phi) is 2.93. The summed E-state index contributed by atoms with van der Waals surface area (Å²) in [4.78, 5) is 0. The molecule has 0 aromatic rings. The largest absolute Gasteiger partial charge is 0.394 e. The lowest BCUT2D eigenvalue weighted by Gasteiger charge is -2.14. The van der Waals surface area contributed by atoms with E-state index >= 15 is 0 Å². The maximum atomic E-state index is 8.37. The zero-order valence-corrected chi connectivity index (χ0v) is 4.66. The van der Waals surface area contributed by atoms with Gasteiger partial charge in [0.1, 0.15) is 0 Å². The zero-order chi connectivity index (χ0) is 6.62. The summed E-state index contributed by atoms with van der Waals surface area (Å²) in [6, 6.07) is 0. The van der Waals surface area contributed by atoms with E-state index in [2.05, 4.69) is 4.74 Å². The van der Waals surface area contributed by atoms with Gasteiger partial charge in [-0.25, -0.2) is 0 Å². The SMILES string of the molecule is CC(O)(O)OCCO. The van der Waals surface area contributed by atoms with E-state index < -0.39 is 5.97 Å². The van der Waals surface area contributed by atoms with E-state index in [0.717, 1.165) is 6.92 Å². The van der Waals surface area contributed by atoms with Crippen LogP contribution in [-0.4, -0.2) is 34.5 Å². The van der Waals surface area contributed by atoms with Crippen molar-refractivity contribution < 1.29 is 20.1 Å². The van der Waals surface area contributed by atoms with Crippen LogP contribution in [0.25, 0.3) is 0 Å². The molecule has 50 valence electrons. The topological polar surface area (TPSA) is 69.9 Å². The minimum absolute atomic E-state index is 0.0660. The van der Waals surface area contributed by atoms with Gasteiger partial charge in [0.15, 0.2) is 0 Å². The zero-order valence-electron chi connectivity index (χ0n) is 4.66. The first-order valence-corrected chi connectivity index (χ1v) is 2.26. The highest BCUT2D eigenvalue weighted by molar-refractivity contribution is 4.34. The van der Waals surface area contributed by atoms with Crippen molar-refractivity contribution in [2.24, 2.45) is 0 Å². The summed E-state index contributed by atoms with van der Waals surface area (Å²) in [5, 5.41) is 24.8. The molecule has 0 rings (SSSR count). The van der Waals surface area contributed by atoms with Gasteiger partial charge in [0, 0.05) is 6.92 Å². The van der Waals surface area contributed by atoms with Crippen LogP contribution in [0.4, 0.5) is 0 Å². The van der Waals surface area contributed by atoms with Gasteiger partial charge >= 0.3 is 0 Å². The molecule has 0 heterocycles. The minimum atomic E-state index is -2.11. The normalized spacial score (nSPS) is 12.0. The molecule has 0 saturated carbocycles. The molecule has 0 atom stereocenters. The monoisotopic (exact) mass is 122 g/mol. The van der Waals surface area contributed by atoms with Crippen LogP contribution < -0.4 is 0 Å². The number of aliphatic hydroxyl groups excluding tert-OH is 1. The molecule has 0 saturated heterocycles. The second-order valence-corrected chi connectivity index (χ2v) is 1.51. The molecule has 0 aliphatic heterocycles. The summed E-state index contributed by atoms with van der Waals surface area (Å²) in [6.45, 7) is 0.795. The smallest absolute Gasteiger partial charge is 0.274 e. The lowest BCUT2D eigenvalue weighted by atomic mass is 10.6. The highest BCUT2D eigenvalue weighted by atomic mass is 16.8. The molecule has 0 amide bonds. The van der Waals surface area contributed by atoms with Crippen molar-refractivity contribution in [3.63, 3.8) is 0 Å². The van der Waals surface area contributed by atoms with Crippen molar-refractivity contribution in [1.82, 2.24) is 0 Å². The molecule has 0 aromatic carbocycles. The van der Waals surface area contributed by atoms with Gasteiger partial charge in [0.05, 0.1) is 13.2 Å². The lowest BCUT2D eigenvalue weighted by Crippen LogP contribution is -2.28. The molecule has 3 N–H and O–H groups in total. The van der Waals surface area contributed by atoms with Crippen LogP contribution in [0.1, 0.15) is 6.92 Å². The fourth-order valence-electron chi connectivity index (χ4n) is 0.239. The predicted molar refractivity (Wildman–Crippen MR) is 25.9 cm³/mol. The van der Waals surface area contributed by atoms with Gasteiger partial charge in [-0.15, -0.1) is 0 Å². The van der Waals surface area contributed by atoms with E-state index in [-0.39, 0.29) is 13.2 Å². The molecule has 0 aliphatic rings. The van der Waals surface area contributed by atoms with Crippen molar-refractivity contribution in [3.8, 4) is 0 Å². The molecule has 0 bridgehead atoms. The van der Waals surface area contributed by atoms with Crippen molar-refractivity contribution in [2.75, 3.05) is 13.2 Å². The standard InChI is InChI=1S/C4H10O4/c1-4(6,7)8-3-2-5/h5-7H,2-3H2,1H3. The van der Waals surface area contributed by atoms with Gasteiger partial charge in [-0.05, 0) is 0 Å². The molecule has 4 heteroatoms. The first kappa shape index (κ1) is 7.84. The Labute approximate surface area is 47.3 Å². The summed E-state index contributed by atoms with van der Waals surface area (Å²) >= 11 is 0. The highest BCUT2D eigenvalue weighted by Gasteiger charge is 2.13. The maximum Gasteiger partial charge on any atom is 0.274 e. The fraction of sp³-hybridized carbons (Fsp3) is 1.00. The molecule has 0 spiro atoms. The Morgan fingerprint density at radius 2 is 2.00 bits per heavy atom. The molecule has 0 aromatic heterocycles. The van der Waals surface area contributed by atoms with Crippen molar-refractivity contribution in [2.45, 2.75) is 12.9 Å². The molecule has 0 aliphatic carbocycles. The average Bonchev–Trinajstić information content (AvgIpc) is 1.59. The van der Waals surface area contributed by atoms with Crippen LogP contribution >= 0.6 is 0 Å². The number of hydrogen-bond acceptors (Lipinski definition) is 4. The van der Waals surface area contributed by atoms with Crippen molar-refractivity contribution in [1.29, 1.82) is 0 Å². The third-order valence-electron chi connectivity index (χ3n) is 0.467. The first-order valence-electron chi connectivity index (χ1n) is 2.26. The van der Waals surface area contributed by atoms with E-state index in [9.17, 15) is 0 Å². The van der Waals surface area contributed by atoms with E-state index in [4.69, 9.17) is 15.3 Å². The third kappa shape index (κ3) is 5.84. The summed E-state index contributed by atoms with van der Waals surface area (Å²) in [7, 11) is 0. The molecule has 0 fully saturated rings. The van der Waals surface area contributed by atoms with Crippen molar-refractivity contribution >= 4 is 0 Å². The highest BCUT2D eigenvalue weighted by Crippen LogP contribution is 1.96. The van der Waals surface area contributed by atoms with Gasteiger partial charge in [-0.1, -0.05) is 0 Å². The lowest BCUT2D eigenvalue weighted by molar-refractivity contribution is -0.326. The quantitative estimate of drug-likeness (QED) is 0.405. The minimum Gasteiger partial charge on any atom is -0.394 e. The Balaban J connectivity index is 3.11. The Hall–Kier alpha value is -0.160. The number of hydrogen-bond donors (Lipinski definition) is 3. The van der Waals surface area contributed by atoms with Crippen LogP contribution in [-0.2, 0) is 4.74 Å². The number of rotatable bonds is 3. The molecule has 4 nitrogen and oxygen atoms in total. The molecule has 8 heavy (non-hydrogen) atoms. The first-order chi connectivity index (χ1) is 3.56. The van der Waals surface area contributed by atoms with Crippen LogP contribution in [0.3, 0.4) is 0 Å². The molecule has 0 unspecified atom stereocenters. The van der Waals surface area contributed by atoms with Crippen LogP contribution in [0.15, 0.2) is 0 Å². The van der Waals surface area contributed by atoms with Crippen LogP contribution in [0.5, 0.6) is 0 Å². The van der Waals surface area contributed by atoms with Crippen LogP contribution in [0, 0.1) is 0 Å². The van der Waals surface area contributed by atoms with E-state index in [0.29, 0.717) is 0 Å². The molecular weight excluding hydrogens is 112 g/mol. The number of aliphatic hydroxyl groups is 3. The molecular formula is C4H10O4. The second kappa shape index (κ2) is 2.99. The van der Waals surface area contributed by atoms with Gasteiger partial charge < -0.3 is 20.1 Å². The summed E-state index contributed by atoms with van der Waals surface area (Å²) in [6.07, 6.45) is 0. The van der Waals surface area contributed by atoms with E-state index in [1.54, 1.807) is 0 Å². The maximum absolute atomic E-state index is 8.37. The number of ether oxygens (including phenoxy) is 1. The average molecular weight is 122 g/mol. The van der Waals surface area contributed by atoms with Gasteiger partial charge in [-0.3, -0.25) is 0 Å². The Morgan fingerprint density at radius 3 is 2.12 bits per heavy atom. The summed E-state index contributed by atoms with van der Waals surface area (Å²) < 4.78 is 4.24. The van der Waals surface area contributed by atoms with Crippen molar-refractivity contribution in [3.05, 3.63) is 0 Å². The molecule has 0 radical (unpaired) electrons. The Bertz CT molecular complexity index is 55.5.